The minimum absolute atomic E-state index is 0.179. The third-order valence-corrected chi connectivity index (χ3v) is 1.28. The van der Waals surface area contributed by atoms with Gasteiger partial charge in [0.2, 0.25) is 0 Å². The van der Waals surface area contributed by atoms with Gasteiger partial charge in [0.15, 0.2) is 17.8 Å². The van der Waals surface area contributed by atoms with Gasteiger partial charge >= 0.3 is 0 Å². The number of carbonyl (C=O) groups is 1. The highest BCUT2D eigenvalue weighted by Crippen LogP contribution is 1.94. The summed E-state index contributed by atoms with van der Waals surface area (Å²) in [4.78, 5) is 17.8. The van der Waals surface area contributed by atoms with Gasteiger partial charge in [0.05, 0.1) is 6.20 Å². The molecule has 2 aromatic heterocycles. The molecule has 0 saturated heterocycles. The third kappa shape index (κ3) is 0.861. The topological polar surface area (TPSA) is 60.2 Å². The van der Waals surface area contributed by atoms with E-state index in [0.717, 1.165) is 0 Å². The van der Waals surface area contributed by atoms with Crippen LogP contribution in [0.1, 0.15) is 10.6 Å². The predicted molar refractivity (Wildman–Crippen MR) is 36.2 cm³/mol. The molecule has 0 fully saturated rings. The van der Waals surface area contributed by atoms with Crippen LogP contribution in [0, 0.1) is 0 Å². The van der Waals surface area contributed by atoms with Crippen molar-refractivity contribution < 1.29 is 4.79 Å². The fraction of sp³-hybridized carbons (Fsp3) is 0. The number of fused-ring (bicyclic) bond motifs is 1. The molecule has 5 heteroatoms. The zero-order chi connectivity index (χ0) is 7.68. The van der Waals surface area contributed by atoms with E-state index < -0.39 is 0 Å². The fourth-order valence-electron chi connectivity index (χ4n) is 0.802. The molecule has 54 valence electrons. The van der Waals surface area contributed by atoms with Crippen LogP contribution in [0.2, 0.25) is 0 Å². The second-order valence-corrected chi connectivity index (χ2v) is 1.97. The molecule has 0 radical (unpaired) electrons. The van der Waals surface area contributed by atoms with Crippen molar-refractivity contribution in [1.82, 2.24) is 19.6 Å². The predicted octanol–water partition coefficient (Wildman–Crippen LogP) is -0.0632. The van der Waals surface area contributed by atoms with Gasteiger partial charge in [-0.1, -0.05) is 0 Å². The SMILES string of the molecule is O=Cc1ncn2nccc2n1. The first kappa shape index (κ1) is 5.96. The average Bonchev–Trinajstić information content (AvgIpc) is 2.50. The number of aldehydes is 1. The standard InChI is InChI=1S/C6H4N4O/c11-3-5-7-4-10-6(9-5)1-2-8-10/h1-4H. The fourth-order valence-corrected chi connectivity index (χ4v) is 0.802. The molecule has 0 aliphatic rings. The Kier molecular flexibility index (Phi) is 1.15. The molecule has 0 aromatic carbocycles. The third-order valence-electron chi connectivity index (χ3n) is 1.28. The highest BCUT2D eigenvalue weighted by Gasteiger charge is 1.96. The molecule has 0 bridgehead atoms. The molecule has 5 nitrogen and oxygen atoms in total. The molecule has 11 heavy (non-hydrogen) atoms. The molecule has 0 aliphatic carbocycles. The largest absolute Gasteiger partial charge is 0.294 e. The van der Waals surface area contributed by atoms with E-state index in [1.807, 2.05) is 0 Å². The normalized spacial score (nSPS) is 10.2. The van der Waals surface area contributed by atoms with Crippen LogP contribution in [0.5, 0.6) is 0 Å². The van der Waals surface area contributed by atoms with E-state index in [4.69, 9.17) is 0 Å². The Morgan fingerprint density at radius 3 is 3.27 bits per heavy atom. The van der Waals surface area contributed by atoms with Gasteiger partial charge in [0.1, 0.15) is 6.33 Å². The maximum absolute atomic E-state index is 10.2. The number of carbonyl (C=O) groups excluding carboxylic acids is 1. The lowest BCUT2D eigenvalue weighted by molar-refractivity contribution is 0.111. The Morgan fingerprint density at radius 2 is 2.45 bits per heavy atom. The number of hydrogen-bond acceptors (Lipinski definition) is 4. The van der Waals surface area contributed by atoms with E-state index in [0.29, 0.717) is 11.9 Å². The summed E-state index contributed by atoms with van der Waals surface area (Å²) in [7, 11) is 0. The van der Waals surface area contributed by atoms with Crippen molar-refractivity contribution in [1.29, 1.82) is 0 Å². The van der Waals surface area contributed by atoms with Crippen molar-refractivity contribution in [2.45, 2.75) is 0 Å². The van der Waals surface area contributed by atoms with Crippen molar-refractivity contribution >= 4 is 11.9 Å². The van der Waals surface area contributed by atoms with E-state index >= 15 is 0 Å². The summed E-state index contributed by atoms with van der Waals surface area (Å²) in [6.07, 6.45) is 3.65. The Labute approximate surface area is 61.7 Å². The lowest BCUT2D eigenvalue weighted by atomic mass is 10.6. The summed E-state index contributed by atoms with van der Waals surface area (Å²) in [6.45, 7) is 0. The van der Waals surface area contributed by atoms with Crippen molar-refractivity contribution in [2.24, 2.45) is 0 Å². The molecule has 2 aromatic rings. The highest BCUT2D eigenvalue weighted by molar-refractivity contribution is 5.69. The molecule has 0 aliphatic heterocycles. The van der Waals surface area contributed by atoms with Crippen molar-refractivity contribution in [3.8, 4) is 0 Å². The molecule has 0 amide bonds. The summed E-state index contributed by atoms with van der Waals surface area (Å²) < 4.78 is 1.49. The molecule has 0 spiro atoms. The Bertz CT molecular complexity index is 394. The average molecular weight is 148 g/mol. The van der Waals surface area contributed by atoms with Crippen LogP contribution in [0.4, 0.5) is 0 Å². The summed E-state index contributed by atoms with van der Waals surface area (Å²) in [5, 5.41) is 3.87. The van der Waals surface area contributed by atoms with Crippen LogP contribution in [0.25, 0.3) is 5.65 Å². The lowest BCUT2D eigenvalue weighted by Crippen LogP contribution is -1.97. The van der Waals surface area contributed by atoms with Gasteiger partial charge in [-0.2, -0.15) is 5.10 Å². The van der Waals surface area contributed by atoms with E-state index in [1.54, 1.807) is 12.3 Å². The van der Waals surface area contributed by atoms with Crippen LogP contribution in [-0.2, 0) is 0 Å². The number of nitrogens with zero attached hydrogens (tertiary/aromatic N) is 4. The van der Waals surface area contributed by atoms with Gasteiger partial charge in [-0.15, -0.1) is 0 Å². The first-order valence-electron chi connectivity index (χ1n) is 3.02. The number of hydrogen-bond donors (Lipinski definition) is 0. The minimum atomic E-state index is 0.179. The van der Waals surface area contributed by atoms with Crippen LogP contribution < -0.4 is 0 Å². The van der Waals surface area contributed by atoms with Gasteiger partial charge in [-0.25, -0.2) is 14.5 Å². The second-order valence-electron chi connectivity index (χ2n) is 1.97. The molecule has 0 saturated carbocycles. The zero-order valence-electron chi connectivity index (χ0n) is 5.51. The monoisotopic (exact) mass is 148 g/mol. The lowest BCUT2D eigenvalue weighted by Gasteiger charge is -1.90. The summed E-state index contributed by atoms with van der Waals surface area (Å²) in [6, 6.07) is 1.70. The van der Waals surface area contributed by atoms with Crippen LogP contribution >= 0.6 is 0 Å². The zero-order valence-corrected chi connectivity index (χ0v) is 5.51. The maximum atomic E-state index is 10.2. The molecule has 0 N–H and O–H groups in total. The second kappa shape index (κ2) is 2.12. The molecule has 0 unspecified atom stereocenters. The molecule has 0 atom stereocenters. The van der Waals surface area contributed by atoms with Gasteiger partial charge in [0, 0.05) is 6.07 Å². The Balaban J connectivity index is 2.76. The number of aromatic nitrogens is 4. The molecular weight excluding hydrogens is 144 g/mol. The van der Waals surface area contributed by atoms with Crippen LogP contribution in [0.3, 0.4) is 0 Å². The summed E-state index contributed by atoms with van der Waals surface area (Å²) >= 11 is 0. The van der Waals surface area contributed by atoms with Crippen molar-refractivity contribution in [3.05, 3.63) is 24.4 Å². The van der Waals surface area contributed by atoms with Gasteiger partial charge in [0.25, 0.3) is 0 Å². The number of rotatable bonds is 1. The maximum Gasteiger partial charge on any atom is 0.196 e. The van der Waals surface area contributed by atoms with E-state index in [9.17, 15) is 4.79 Å². The first-order valence-corrected chi connectivity index (χ1v) is 3.02. The summed E-state index contributed by atoms with van der Waals surface area (Å²) in [5.74, 6) is 0.179. The van der Waals surface area contributed by atoms with Crippen molar-refractivity contribution in [2.75, 3.05) is 0 Å². The van der Waals surface area contributed by atoms with E-state index in [-0.39, 0.29) is 5.82 Å². The smallest absolute Gasteiger partial charge is 0.196 e. The minimum Gasteiger partial charge on any atom is -0.294 e. The van der Waals surface area contributed by atoms with Gasteiger partial charge in [-0.3, -0.25) is 4.79 Å². The molecular formula is C6H4N4O. The van der Waals surface area contributed by atoms with E-state index in [1.165, 1.54) is 10.8 Å². The quantitative estimate of drug-likeness (QED) is 0.531. The van der Waals surface area contributed by atoms with Crippen molar-refractivity contribution in [3.63, 3.8) is 0 Å². The Morgan fingerprint density at radius 1 is 1.55 bits per heavy atom. The molecule has 2 rings (SSSR count). The van der Waals surface area contributed by atoms with Crippen LogP contribution in [-0.4, -0.2) is 25.9 Å². The highest BCUT2D eigenvalue weighted by atomic mass is 16.1. The Hall–Kier alpha value is -1.78. The summed E-state index contributed by atoms with van der Waals surface area (Å²) in [5.41, 5.74) is 0.627. The van der Waals surface area contributed by atoms with Crippen LogP contribution in [0.15, 0.2) is 18.6 Å². The molecule has 2 heterocycles. The van der Waals surface area contributed by atoms with Gasteiger partial charge in [-0.05, 0) is 0 Å². The first-order chi connectivity index (χ1) is 5.40. The van der Waals surface area contributed by atoms with Gasteiger partial charge < -0.3 is 0 Å². The van der Waals surface area contributed by atoms with E-state index in [2.05, 4.69) is 15.1 Å².